The summed E-state index contributed by atoms with van der Waals surface area (Å²) in [5.41, 5.74) is 1.04. The molecule has 2 fully saturated rings. The van der Waals surface area contributed by atoms with Gasteiger partial charge < -0.3 is 39.2 Å². The number of nitrogens with one attached hydrogen (secondary N) is 2. The lowest BCUT2D eigenvalue weighted by Crippen LogP contribution is -2.47. The lowest BCUT2D eigenvalue weighted by atomic mass is 10.0. The molecule has 1 aromatic carbocycles. The summed E-state index contributed by atoms with van der Waals surface area (Å²) < 4.78 is 28.1. The summed E-state index contributed by atoms with van der Waals surface area (Å²) in [6, 6.07) is 5.09. The molecule has 11 nitrogen and oxygen atoms in total. The first-order valence-electron chi connectivity index (χ1n) is 13.8. The van der Waals surface area contributed by atoms with Crippen molar-refractivity contribution in [3.05, 3.63) is 47.1 Å². The number of rotatable bonds is 10. The van der Waals surface area contributed by atoms with E-state index in [-0.39, 0.29) is 18.0 Å². The van der Waals surface area contributed by atoms with Gasteiger partial charge in [0, 0.05) is 68.7 Å². The zero-order valence-electron chi connectivity index (χ0n) is 24.5. The van der Waals surface area contributed by atoms with Crippen LogP contribution >= 0.6 is 23.2 Å². The molecule has 13 heteroatoms. The van der Waals surface area contributed by atoms with Gasteiger partial charge in [-0.1, -0.05) is 29.8 Å². The number of amides is 1. The van der Waals surface area contributed by atoms with Crippen molar-refractivity contribution in [3.63, 3.8) is 0 Å². The van der Waals surface area contributed by atoms with Gasteiger partial charge in [-0.3, -0.25) is 4.79 Å². The van der Waals surface area contributed by atoms with Crippen LogP contribution in [-0.4, -0.2) is 88.5 Å². The highest BCUT2D eigenvalue weighted by Crippen LogP contribution is 2.47. The predicted octanol–water partition coefficient (Wildman–Crippen LogP) is 4.69. The van der Waals surface area contributed by atoms with Crippen molar-refractivity contribution in [2.24, 2.45) is 0 Å². The number of benzene rings is 1. The molecule has 0 bridgehead atoms. The maximum absolute atomic E-state index is 11.9. The normalized spacial score (nSPS) is 19.7. The molecule has 0 unspecified atom stereocenters. The van der Waals surface area contributed by atoms with Crippen LogP contribution in [0.5, 0.6) is 11.5 Å². The quantitative estimate of drug-likeness (QED) is 0.241. The molecule has 230 valence electrons. The van der Waals surface area contributed by atoms with Crippen molar-refractivity contribution in [2.75, 3.05) is 65.0 Å². The fourth-order valence-electron chi connectivity index (χ4n) is 5.51. The zero-order valence-corrected chi connectivity index (χ0v) is 26.1. The minimum absolute atomic E-state index is 0.176. The monoisotopic (exact) mass is 631 g/mol. The SMILES string of the molecule is C=CC(=O)N[C@H]1COC[C@H]1Nc1cc2c(N3CCC(OC)(OC)CC3)nc(-c3c(Cl)c(OC)cc(OC)c3Cl)cc2cn1. The third-order valence-electron chi connectivity index (χ3n) is 8.02. The number of methoxy groups -OCH3 is 4. The number of pyridine rings is 2. The topological polar surface area (TPSA) is 116 Å². The van der Waals surface area contributed by atoms with Crippen molar-refractivity contribution in [3.8, 4) is 22.8 Å². The Morgan fingerprint density at radius 1 is 1.05 bits per heavy atom. The van der Waals surface area contributed by atoms with Gasteiger partial charge >= 0.3 is 0 Å². The van der Waals surface area contributed by atoms with E-state index in [0.29, 0.717) is 77.8 Å². The van der Waals surface area contributed by atoms with E-state index in [1.54, 1.807) is 26.5 Å². The highest BCUT2D eigenvalue weighted by Gasteiger charge is 2.36. The lowest BCUT2D eigenvalue weighted by molar-refractivity contribution is -0.216. The molecule has 4 heterocycles. The molecule has 2 aliphatic rings. The summed E-state index contributed by atoms with van der Waals surface area (Å²) in [5, 5.41) is 8.68. The van der Waals surface area contributed by atoms with E-state index in [0.717, 1.165) is 16.6 Å². The minimum Gasteiger partial charge on any atom is -0.495 e. The van der Waals surface area contributed by atoms with Gasteiger partial charge in [-0.15, -0.1) is 0 Å². The molecule has 5 rings (SSSR count). The second-order valence-corrected chi connectivity index (χ2v) is 11.1. The predicted molar refractivity (Wildman–Crippen MR) is 167 cm³/mol. The van der Waals surface area contributed by atoms with Crippen molar-refractivity contribution in [2.45, 2.75) is 30.7 Å². The Labute approximate surface area is 260 Å². The van der Waals surface area contributed by atoms with E-state index in [9.17, 15) is 4.79 Å². The summed E-state index contributed by atoms with van der Waals surface area (Å²) in [6.07, 6.45) is 4.30. The van der Waals surface area contributed by atoms with Crippen LogP contribution in [0, 0.1) is 0 Å². The van der Waals surface area contributed by atoms with E-state index in [1.807, 2.05) is 12.1 Å². The fraction of sp³-hybridized carbons (Fsp3) is 0.433. The maximum Gasteiger partial charge on any atom is 0.243 e. The van der Waals surface area contributed by atoms with Gasteiger partial charge in [0.25, 0.3) is 0 Å². The van der Waals surface area contributed by atoms with E-state index in [1.165, 1.54) is 20.3 Å². The van der Waals surface area contributed by atoms with Crippen molar-refractivity contribution >= 4 is 51.5 Å². The van der Waals surface area contributed by atoms with Gasteiger partial charge in [-0.05, 0) is 18.2 Å². The second-order valence-electron chi connectivity index (χ2n) is 10.3. The molecule has 2 N–H and O–H groups in total. The molecular formula is C30H35Cl2N5O6. The largest absolute Gasteiger partial charge is 0.495 e. The lowest BCUT2D eigenvalue weighted by Gasteiger charge is -2.40. The van der Waals surface area contributed by atoms with Crippen LogP contribution < -0.4 is 25.0 Å². The Morgan fingerprint density at radius 3 is 2.30 bits per heavy atom. The number of carbonyl (C=O) groups excluding carboxylic acids is 1. The highest BCUT2D eigenvalue weighted by molar-refractivity contribution is 6.41. The first-order valence-corrected chi connectivity index (χ1v) is 14.6. The second kappa shape index (κ2) is 13.1. The number of piperidine rings is 1. The summed E-state index contributed by atoms with van der Waals surface area (Å²) in [7, 11) is 6.39. The van der Waals surface area contributed by atoms with Crippen LogP contribution in [0.4, 0.5) is 11.6 Å². The summed E-state index contributed by atoms with van der Waals surface area (Å²) in [4.78, 5) is 23.9. The molecule has 3 aromatic rings. The highest BCUT2D eigenvalue weighted by atomic mass is 35.5. The van der Waals surface area contributed by atoms with E-state index in [2.05, 4.69) is 27.1 Å². The number of anilines is 2. The Kier molecular flexibility index (Phi) is 9.48. The Bertz CT molecular complexity index is 1480. The van der Waals surface area contributed by atoms with Gasteiger partial charge in [0.05, 0.1) is 55.3 Å². The number of nitrogens with zero attached hydrogens (tertiary/aromatic N) is 3. The number of carbonyl (C=O) groups is 1. The molecule has 2 aliphatic heterocycles. The van der Waals surface area contributed by atoms with Crippen LogP contribution in [0.2, 0.25) is 10.0 Å². The van der Waals surface area contributed by atoms with Crippen molar-refractivity contribution in [1.82, 2.24) is 15.3 Å². The third kappa shape index (κ3) is 6.18. The smallest absolute Gasteiger partial charge is 0.243 e. The standard InChI is InChI=1S/C30H35Cl2N5O6/c1-6-25(38)35-21-16-43-15-20(21)34-24-12-18-17(14-33-24)11-19(26-27(31)22(39-2)13-23(40-3)28(26)32)36-29(18)37-9-7-30(41-4,42-5)8-10-37/h6,11-14,20-21H,1,7-10,15-16H2,2-5H3,(H,33,34)(H,35,38)/t20-,21+/m1/s1. The van der Waals surface area contributed by atoms with Gasteiger partial charge in [-0.25, -0.2) is 9.97 Å². The average Bonchev–Trinajstić information content (AvgIpc) is 3.46. The molecular weight excluding hydrogens is 597 g/mol. The van der Waals surface area contributed by atoms with Gasteiger partial charge in [0.2, 0.25) is 5.91 Å². The molecule has 0 spiro atoms. The van der Waals surface area contributed by atoms with Gasteiger partial charge in [-0.2, -0.15) is 0 Å². The Hall–Kier alpha value is -3.35. The summed E-state index contributed by atoms with van der Waals surface area (Å²) in [6.45, 7) is 5.61. The average molecular weight is 633 g/mol. The van der Waals surface area contributed by atoms with E-state index in [4.69, 9.17) is 51.9 Å². The number of hydrogen-bond acceptors (Lipinski definition) is 10. The van der Waals surface area contributed by atoms with Crippen molar-refractivity contribution < 1.29 is 28.5 Å². The first kappa shape index (κ1) is 31.1. The Balaban J connectivity index is 1.59. The number of hydrogen-bond donors (Lipinski definition) is 2. The van der Waals surface area contributed by atoms with E-state index < -0.39 is 5.79 Å². The number of halogens is 2. The molecule has 0 saturated carbocycles. The molecule has 2 atom stereocenters. The van der Waals surface area contributed by atoms with Gasteiger partial charge in [0.1, 0.15) is 23.1 Å². The summed E-state index contributed by atoms with van der Waals surface area (Å²) >= 11 is 13.6. The van der Waals surface area contributed by atoms with Crippen LogP contribution in [0.1, 0.15) is 12.8 Å². The van der Waals surface area contributed by atoms with Crippen molar-refractivity contribution in [1.29, 1.82) is 0 Å². The maximum atomic E-state index is 11.9. The van der Waals surface area contributed by atoms with Crippen LogP contribution in [0.15, 0.2) is 37.1 Å². The van der Waals surface area contributed by atoms with Crippen LogP contribution in [0.25, 0.3) is 22.0 Å². The molecule has 43 heavy (non-hydrogen) atoms. The molecule has 0 aliphatic carbocycles. The first-order chi connectivity index (χ1) is 20.8. The number of fused-ring (bicyclic) bond motifs is 1. The molecule has 1 amide bonds. The number of aromatic nitrogens is 2. The minimum atomic E-state index is -0.654. The third-order valence-corrected chi connectivity index (χ3v) is 8.77. The molecule has 2 aromatic heterocycles. The van der Waals surface area contributed by atoms with Crippen LogP contribution in [0.3, 0.4) is 0 Å². The van der Waals surface area contributed by atoms with E-state index >= 15 is 0 Å². The number of ether oxygens (including phenoxy) is 5. The fourth-order valence-corrected chi connectivity index (χ4v) is 6.20. The van der Waals surface area contributed by atoms with Crippen LogP contribution in [-0.2, 0) is 19.0 Å². The Morgan fingerprint density at radius 2 is 1.70 bits per heavy atom. The molecule has 0 radical (unpaired) electrons. The summed E-state index contributed by atoms with van der Waals surface area (Å²) in [5.74, 6) is 1.27. The van der Waals surface area contributed by atoms with Gasteiger partial charge in [0.15, 0.2) is 5.79 Å². The molecule has 2 saturated heterocycles. The zero-order chi connectivity index (χ0) is 30.7.